The molecular weight excluding hydrogens is 240 g/mol. The zero-order valence-electron chi connectivity index (χ0n) is 8.12. The molecule has 0 bridgehead atoms. The molecule has 14 heavy (non-hydrogen) atoms. The molecule has 1 aromatic rings. The molecule has 0 spiro atoms. The van der Waals surface area contributed by atoms with Crippen molar-refractivity contribution in [3.8, 4) is 0 Å². The van der Waals surface area contributed by atoms with Gasteiger partial charge in [-0.1, -0.05) is 28.1 Å². The number of nitrogens with zero attached hydrogens (tertiary/aromatic N) is 1. The van der Waals surface area contributed by atoms with Crippen molar-refractivity contribution in [3.63, 3.8) is 0 Å². The number of nitrogens with two attached hydrogens (primary N) is 1. The fraction of sp³-hybridized carbons (Fsp3) is 0.455. The fourth-order valence-corrected chi connectivity index (χ4v) is 2.06. The summed E-state index contributed by atoms with van der Waals surface area (Å²) in [5, 5.41) is 0. The van der Waals surface area contributed by atoms with E-state index in [2.05, 4.69) is 45.1 Å². The van der Waals surface area contributed by atoms with Gasteiger partial charge in [0.25, 0.3) is 0 Å². The molecule has 1 aliphatic rings. The Balaban J connectivity index is 1.94. The maximum absolute atomic E-state index is 5.65. The summed E-state index contributed by atoms with van der Waals surface area (Å²) in [5.74, 6) is 0. The maximum Gasteiger partial charge on any atom is 0.0237 e. The van der Waals surface area contributed by atoms with Crippen LogP contribution in [-0.4, -0.2) is 24.0 Å². The number of hydrogen-bond donors (Lipinski definition) is 1. The van der Waals surface area contributed by atoms with E-state index in [-0.39, 0.29) is 0 Å². The van der Waals surface area contributed by atoms with Crippen molar-refractivity contribution in [3.05, 3.63) is 34.3 Å². The normalized spacial score (nSPS) is 22.0. The zero-order chi connectivity index (χ0) is 9.97. The smallest absolute Gasteiger partial charge is 0.0237 e. The number of likely N-dealkylation sites (tertiary alicyclic amines) is 1. The molecule has 2 rings (SSSR count). The predicted molar refractivity (Wildman–Crippen MR) is 62.0 cm³/mol. The molecule has 0 saturated carbocycles. The first-order valence-electron chi connectivity index (χ1n) is 4.98. The average Bonchev–Trinajstić information content (AvgIpc) is 2.16. The molecule has 1 aliphatic heterocycles. The summed E-state index contributed by atoms with van der Waals surface area (Å²) >= 11 is 3.43. The highest BCUT2D eigenvalue weighted by Gasteiger charge is 2.25. The third-order valence-corrected chi connectivity index (χ3v) is 3.37. The number of halogens is 1. The highest BCUT2D eigenvalue weighted by Crippen LogP contribution is 2.20. The lowest BCUT2D eigenvalue weighted by molar-refractivity contribution is 0.0882. The van der Waals surface area contributed by atoms with Gasteiger partial charge in [-0.15, -0.1) is 0 Å². The largest absolute Gasteiger partial charge is 0.329 e. The van der Waals surface area contributed by atoms with Gasteiger partial charge in [0, 0.05) is 30.1 Å². The number of benzene rings is 1. The van der Waals surface area contributed by atoms with Crippen molar-refractivity contribution in [2.24, 2.45) is 5.73 Å². The molecule has 1 aromatic carbocycles. The van der Waals surface area contributed by atoms with Crippen LogP contribution in [0.25, 0.3) is 0 Å². The lowest BCUT2D eigenvalue weighted by Crippen LogP contribution is -2.50. The van der Waals surface area contributed by atoms with Crippen LogP contribution in [0.1, 0.15) is 12.0 Å². The molecule has 0 radical (unpaired) electrons. The van der Waals surface area contributed by atoms with Crippen molar-refractivity contribution < 1.29 is 0 Å². The van der Waals surface area contributed by atoms with Crippen molar-refractivity contribution in [2.75, 3.05) is 13.1 Å². The molecule has 3 heteroatoms. The van der Waals surface area contributed by atoms with Crippen molar-refractivity contribution in [1.29, 1.82) is 0 Å². The molecule has 76 valence electrons. The molecule has 1 fully saturated rings. The first kappa shape index (κ1) is 10.1. The third kappa shape index (κ3) is 2.16. The van der Waals surface area contributed by atoms with E-state index in [1.165, 1.54) is 18.5 Å². The summed E-state index contributed by atoms with van der Waals surface area (Å²) in [6.07, 6.45) is 1.26. The van der Waals surface area contributed by atoms with Crippen LogP contribution in [0.5, 0.6) is 0 Å². The fourth-order valence-electron chi connectivity index (χ4n) is 1.79. The second-order valence-corrected chi connectivity index (χ2v) is 4.69. The van der Waals surface area contributed by atoms with Crippen LogP contribution in [0.2, 0.25) is 0 Å². The summed E-state index contributed by atoms with van der Waals surface area (Å²) in [4.78, 5) is 2.43. The summed E-state index contributed by atoms with van der Waals surface area (Å²) in [5.41, 5.74) is 7.02. The summed E-state index contributed by atoms with van der Waals surface area (Å²) in [7, 11) is 0. The maximum atomic E-state index is 5.65. The molecule has 0 aromatic heterocycles. The van der Waals surface area contributed by atoms with E-state index in [4.69, 9.17) is 5.73 Å². The SMILES string of the molecule is NCC1CCN1Cc1ccc(Br)cc1. The van der Waals surface area contributed by atoms with Crippen molar-refractivity contribution in [2.45, 2.75) is 19.0 Å². The van der Waals surface area contributed by atoms with Gasteiger partial charge in [0.2, 0.25) is 0 Å². The van der Waals surface area contributed by atoms with Gasteiger partial charge >= 0.3 is 0 Å². The van der Waals surface area contributed by atoms with Crippen LogP contribution in [0.3, 0.4) is 0 Å². The van der Waals surface area contributed by atoms with Gasteiger partial charge in [-0.3, -0.25) is 4.90 Å². The molecular formula is C11H15BrN2. The summed E-state index contributed by atoms with van der Waals surface area (Å²) < 4.78 is 1.14. The molecule has 2 nitrogen and oxygen atoms in total. The van der Waals surface area contributed by atoms with Crippen LogP contribution in [0.4, 0.5) is 0 Å². The van der Waals surface area contributed by atoms with Crippen LogP contribution in [-0.2, 0) is 6.54 Å². The number of rotatable bonds is 3. The summed E-state index contributed by atoms with van der Waals surface area (Å²) in [6, 6.07) is 9.11. The van der Waals surface area contributed by atoms with Gasteiger partial charge in [0.05, 0.1) is 0 Å². The molecule has 1 saturated heterocycles. The van der Waals surface area contributed by atoms with E-state index in [0.717, 1.165) is 17.6 Å². The van der Waals surface area contributed by atoms with Crippen LogP contribution in [0, 0.1) is 0 Å². The van der Waals surface area contributed by atoms with Gasteiger partial charge in [-0.2, -0.15) is 0 Å². The molecule has 1 heterocycles. The Hall–Kier alpha value is -0.380. The third-order valence-electron chi connectivity index (χ3n) is 2.84. The Morgan fingerprint density at radius 1 is 1.36 bits per heavy atom. The standard InChI is InChI=1S/C11H15BrN2/c12-10-3-1-9(2-4-10)8-14-6-5-11(14)7-13/h1-4,11H,5-8,13H2. The quantitative estimate of drug-likeness (QED) is 0.894. The van der Waals surface area contributed by atoms with E-state index in [1.807, 2.05) is 0 Å². The first-order chi connectivity index (χ1) is 6.79. The molecule has 0 aliphatic carbocycles. The van der Waals surface area contributed by atoms with Gasteiger partial charge in [0.1, 0.15) is 0 Å². The summed E-state index contributed by atoms with van der Waals surface area (Å²) in [6.45, 7) is 3.02. The Morgan fingerprint density at radius 3 is 2.57 bits per heavy atom. The minimum atomic E-state index is 0.610. The second-order valence-electron chi connectivity index (χ2n) is 3.78. The van der Waals surface area contributed by atoms with E-state index in [1.54, 1.807) is 0 Å². The molecule has 0 amide bonds. The van der Waals surface area contributed by atoms with E-state index < -0.39 is 0 Å². The van der Waals surface area contributed by atoms with Crippen LogP contribution in [0.15, 0.2) is 28.7 Å². The lowest BCUT2D eigenvalue weighted by atomic mass is 10.0. The van der Waals surface area contributed by atoms with Gasteiger partial charge in [0.15, 0.2) is 0 Å². The predicted octanol–water partition coefficient (Wildman–Crippen LogP) is 1.98. The topological polar surface area (TPSA) is 29.3 Å². The average molecular weight is 255 g/mol. The second kappa shape index (κ2) is 4.43. The highest BCUT2D eigenvalue weighted by molar-refractivity contribution is 9.10. The Bertz CT molecular complexity index is 295. The van der Waals surface area contributed by atoms with Gasteiger partial charge < -0.3 is 5.73 Å². The zero-order valence-corrected chi connectivity index (χ0v) is 9.70. The van der Waals surface area contributed by atoms with E-state index in [0.29, 0.717) is 6.04 Å². The number of hydrogen-bond acceptors (Lipinski definition) is 2. The highest BCUT2D eigenvalue weighted by atomic mass is 79.9. The Kier molecular flexibility index (Phi) is 3.21. The van der Waals surface area contributed by atoms with Gasteiger partial charge in [-0.05, 0) is 24.1 Å². The van der Waals surface area contributed by atoms with Crippen LogP contribution < -0.4 is 5.73 Å². The van der Waals surface area contributed by atoms with Crippen molar-refractivity contribution >= 4 is 15.9 Å². The minimum absolute atomic E-state index is 0.610. The Morgan fingerprint density at radius 2 is 2.07 bits per heavy atom. The first-order valence-corrected chi connectivity index (χ1v) is 5.77. The Labute approximate surface area is 93.2 Å². The monoisotopic (exact) mass is 254 g/mol. The lowest BCUT2D eigenvalue weighted by Gasteiger charge is -2.40. The minimum Gasteiger partial charge on any atom is -0.329 e. The van der Waals surface area contributed by atoms with Crippen molar-refractivity contribution in [1.82, 2.24) is 4.90 Å². The molecule has 1 unspecified atom stereocenters. The van der Waals surface area contributed by atoms with E-state index in [9.17, 15) is 0 Å². The van der Waals surface area contributed by atoms with E-state index >= 15 is 0 Å². The van der Waals surface area contributed by atoms with Gasteiger partial charge in [-0.25, -0.2) is 0 Å². The van der Waals surface area contributed by atoms with Crippen LogP contribution >= 0.6 is 15.9 Å². The molecule has 1 atom stereocenters. The molecule has 2 N–H and O–H groups in total.